The molecule has 1 aliphatic heterocycles. The molecule has 0 radical (unpaired) electrons. The van der Waals surface area contributed by atoms with E-state index >= 15 is 0 Å². The third-order valence-corrected chi connectivity index (χ3v) is 5.03. The standard InChI is InChI=1S/C17H19NO4S/c1-20-13-8-12(9-14(21-2)16(13)22-3)17(19)18-6-4-15-11(10-18)5-7-23-15/h5,7-9H,4,6,10H2,1-3H3. The van der Waals surface area contributed by atoms with Gasteiger partial charge in [0.25, 0.3) is 5.91 Å². The van der Waals surface area contributed by atoms with E-state index in [1.807, 2.05) is 4.90 Å². The number of ether oxygens (including phenoxy) is 3. The van der Waals surface area contributed by atoms with Crippen LogP contribution in [-0.2, 0) is 13.0 Å². The maximum absolute atomic E-state index is 12.8. The molecule has 122 valence electrons. The molecule has 1 aliphatic rings. The van der Waals surface area contributed by atoms with E-state index in [4.69, 9.17) is 14.2 Å². The van der Waals surface area contributed by atoms with Crippen LogP contribution in [0, 0.1) is 0 Å². The van der Waals surface area contributed by atoms with Crippen molar-refractivity contribution in [3.8, 4) is 17.2 Å². The molecule has 0 spiro atoms. The van der Waals surface area contributed by atoms with Crippen molar-refractivity contribution in [2.24, 2.45) is 0 Å². The predicted molar refractivity (Wildman–Crippen MR) is 88.9 cm³/mol. The molecule has 0 saturated carbocycles. The second-order valence-electron chi connectivity index (χ2n) is 5.26. The minimum atomic E-state index is -0.0268. The summed E-state index contributed by atoms with van der Waals surface area (Å²) >= 11 is 1.76. The van der Waals surface area contributed by atoms with Crippen LogP contribution in [0.15, 0.2) is 23.6 Å². The molecule has 1 amide bonds. The zero-order chi connectivity index (χ0) is 16.4. The molecular weight excluding hydrogens is 314 g/mol. The fraction of sp³-hybridized carbons (Fsp3) is 0.353. The number of rotatable bonds is 4. The minimum Gasteiger partial charge on any atom is -0.493 e. The van der Waals surface area contributed by atoms with E-state index in [2.05, 4.69) is 11.4 Å². The molecule has 0 saturated heterocycles. The normalized spacial score (nSPS) is 13.4. The third-order valence-electron chi connectivity index (χ3n) is 4.01. The van der Waals surface area contributed by atoms with Crippen LogP contribution >= 0.6 is 11.3 Å². The molecule has 0 N–H and O–H groups in total. The van der Waals surface area contributed by atoms with Gasteiger partial charge in [0.15, 0.2) is 11.5 Å². The monoisotopic (exact) mass is 333 g/mol. The van der Waals surface area contributed by atoms with Crippen LogP contribution in [0.25, 0.3) is 0 Å². The van der Waals surface area contributed by atoms with Crippen LogP contribution < -0.4 is 14.2 Å². The average Bonchev–Trinajstić information content (AvgIpc) is 3.07. The Kier molecular flexibility index (Phi) is 4.43. The highest BCUT2D eigenvalue weighted by Crippen LogP contribution is 2.38. The lowest BCUT2D eigenvalue weighted by Crippen LogP contribution is -2.35. The van der Waals surface area contributed by atoms with Gasteiger partial charge in [-0.25, -0.2) is 0 Å². The first-order chi connectivity index (χ1) is 11.2. The maximum atomic E-state index is 12.8. The Morgan fingerprint density at radius 3 is 2.43 bits per heavy atom. The third kappa shape index (κ3) is 2.86. The summed E-state index contributed by atoms with van der Waals surface area (Å²) in [5.41, 5.74) is 1.78. The smallest absolute Gasteiger partial charge is 0.254 e. The van der Waals surface area contributed by atoms with Crippen molar-refractivity contribution in [1.29, 1.82) is 0 Å². The zero-order valence-corrected chi connectivity index (χ0v) is 14.2. The van der Waals surface area contributed by atoms with Crippen molar-refractivity contribution in [2.45, 2.75) is 13.0 Å². The molecule has 1 aromatic carbocycles. The number of carbonyl (C=O) groups excluding carboxylic acids is 1. The van der Waals surface area contributed by atoms with Gasteiger partial charge in [-0.2, -0.15) is 0 Å². The summed E-state index contributed by atoms with van der Waals surface area (Å²) in [5.74, 6) is 1.44. The number of methoxy groups -OCH3 is 3. The van der Waals surface area contributed by atoms with Crippen LogP contribution in [0.2, 0.25) is 0 Å². The summed E-state index contributed by atoms with van der Waals surface area (Å²) in [6.45, 7) is 1.37. The molecule has 23 heavy (non-hydrogen) atoms. The van der Waals surface area contributed by atoms with E-state index in [0.717, 1.165) is 13.0 Å². The molecule has 3 rings (SSSR count). The van der Waals surface area contributed by atoms with Crippen molar-refractivity contribution in [3.63, 3.8) is 0 Å². The molecule has 0 bridgehead atoms. The molecule has 6 heteroatoms. The summed E-state index contributed by atoms with van der Waals surface area (Å²) in [7, 11) is 4.64. The quantitative estimate of drug-likeness (QED) is 0.863. The topological polar surface area (TPSA) is 48.0 Å². The van der Waals surface area contributed by atoms with E-state index in [1.54, 1.807) is 44.8 Å². The predicted octanol–water partition coefficient (Wildman–Crippen LogP) is 2.97. The van der Waals surface area contributed by atoms with Crippen LogP contribution in [0.5, 0.6) is 17.2 Å². The lowest BCUT2D eigenvalue weighted by Gasteiger charge is -2.27. The fourth-order valence-electron chi connectivity index (χ4n) is 2.81. The molecule has 2 aromatic rings. The highest BCUT2D eigenvalue weighted by molar-refractivity contribution is 7.10. The van der Waals surface area contributed by atoms with Gasteiger partial charge in [0.1, 0.15) is 0 Å². The Labute approximate surface area is 139 Å². The number of hydrogen-bond donors (Lipinski definition) is 0. The SMILES string of the molecule is COc1cc(C(=O)N2CCc3sccc3C2)cc(OC)c1OC. The number of benzene rings is 1. The maximum Gasteiger partial charge on any atom is 0.254 e. The second-order valence-corrected chi connectivity index (χ2v) is 6.26. The van der Waals surface area contributed by atoms with E-state index in [9.17, 15) is 4.79 Å². The first-order valence-electron chi connectivity index (χ1n) is 7.32. The minimum absolute atomic E-state index is 0.0268. The van der Waals surface area contributed by atoms with E-state index in [1.165, 1.54) is 10.4 Å². The van der Waals surface area contributed by atoms with Gasteiger partial charge in [-0.05, 0) is 35.6 Å². The molecule has 2 heterocycles. The Hall–Kier alpha value is -2.21. The first kappa shape index (κ1) is 15.7. The average molecular weight is 333 g/mol. The Bertz CT molecular complexity index is 700. The molecule has 0 atom stereocenters. The molecule has 5 nitrogen and oxygen atoms in total. The number of amides is 1. The Morgan fingerprint density at radius 1 is 1.13 bits per heavy atom. The highest BCUT2D eigenvalue weighted by atomic mass is 32.1. The number of thiophene rings is 1. The van der Waals surface area contributed by atoms with Gasteiger partial charge in [-0.15, -0.1) is 11.3 Å². The van der Waals surface area contributed by atoms with Gasteiger partial charge in [0, 0.05) is 23.5 Å². The number of nitrogens with zero attached hydrogens (tertiary/aromatic N) is 1. The van der Waals surface area contributed by atoms with Gasteiger partial charge in [-0.3, -0.25) is 4.79 Å². The largest absolute Gasteiger partial charge is 0.493 e. The lowest BCUT2D eigenvalue weighted by atomic mass is 10.1. The number of hydrogen-bond acceptors (Lipinski definition) is 5. The van der Waals surface area contributed by atoms with Gasteiger partial charge >= 0.3 is 0 Å². The fourth-order valence-corrected chi connectivity index (χ4v) is 3.70. The van der Waals surface area contributed by atoms with Crippen molar-refractivity contribution in [3.05, 3.63) is 39.6 Å². The Morgan fingerprint density at radius 2 is 1.83 bits per heavy atom. The van der Waals surface area contributed by atoms with Crippen molar-refractivity contribution >= 4 is 17.2 Å². The van der Waals surface area contributed by atoms with Crippen LogP contribution in [-0.4, -0.2) is 38.7 Å². The summed E-state index contributed by atoms with van der Waals surface area (Å²) in [4.78, 5) is 16.1. The molecular formula is C17H19NO4S. The van der Waals surface area contributed by atoms with Crippen LogP contribution in [0.3, 0.4) is 0 Å². The highest BCUT2D eigenvalue weighted by Gasteiger charge is 2.25. The summed E-state index contributed by atoms with van der Waals surface area (Å²) in [6, 6.07) is 5.49. The number of carbonyl (C=O) groups is 1. The molecule has 0 fully saturated rings. The first-order valence-corrected chi connectivity index (χ1v) is 8.20. The van der Waals surface area contributed by atoms with Crippen LogP contribution in [0.1, 0.15) is 20.8 Å². The van der Waals surface area contributed by atoms with Crippen molar-refractivity contribution < 1.29 is 19.0 Å². The van der Waals surface area contributed by atoms with E-state index in [-0.39, 0.29) is 5.91 Å². The van der Waals surface area contributed by atoms with E-state index < -0.39 is 0 Å². The number of fused-ring (bicyclic) bond motifs is 1. The van der Waals surface area contributed by atoms with Gasteiger partial charge < -0.3 is 19.1 Å². The van der Waals surface area contributed by atoms with Crippen LogP contribution in [0.4, 0.5) is 0 Å². The lowest BCUT2D eigenvalue weighted by molar-refractivity contribution is 0.0735. The molecule has 0 unspecified atom stereocenters. The molecule has 0 aliphatic carbocycles. The summed E-state index contributed by atoms with van der Waals surface area (Å²) in [6.07, 6.45) is 0.906. The van der Waals surface area contributed by atoms with Crippen molar-refractivity contribution in [2.75, 3.05) is 27.9 Å². The van der Waals surface area contributed by atoms with Gasteiger partial charge in [0.05, 0.1) is 21.3 Å². The van der Waals surface area contributed by atoms with Gasteiger partial charge in [0.2, 0.25) is 5.75 Å². The van der Waals surface area contributed by atoms with E-state index in [0.29, 0.717) is 29.4 Å². The summed E-state index contributed by atoms with van der Waals surface area (Å²) in [5, 5.41) is 2.08. The Balaban J connectivity index is 1.91. The van der Waals surface area contributed by atoms with Crippen molar-refractivity contribution in [1.82, 2.24) is 4.90 Å². The zero-order valence-electron chi connectivity index (χ0n) is 13.4. The molecule has 1 aromatic heterocycles. The van der Waals surface area contributed by atoms with Gasteiger partial charge in [-0.1, -0.05) is 0 Å². The summed E-state index contributed by atoms with van der Waals surface area (Å²) < 4.78 is 16.0. The second kappa shape index (κ2) is 6.50.